The average Bonchev–Trinajstić information content (AvgIpc) is 3.11. The standard InChI is InChI=1S/C28H34F2N6O4/c1-40-14-13-35-16-18(21-3-2-4-22(29)25(21)30)5-6-24(26(35)37)33-27(38)34-11-8-20(9-12-34)36-17-19-15-31-10-7-23(19)32-28(36)39/h2-4,7,10,15,18,20,24H,5-6,8-9,11-14,16-17H2,1H3,(H,32,39)(H,33,38)/t18-,24-/m1/s1. The van der Waals surface area contributed by atoms with Crippen molar-refractivity contribution in [2.24, 2.45) is 0 Å². The van der Waals surface area contributed by atoms with Gasteiger partial charge in [0.05, 0.1) is 18.8 Å². The summed E-state index contributed by atoms with van der Waals surface area (Å²) in [5, 5.41) is 5.79. The van der Waals surface area contributed by atoms with Gasteiger partial charge in [-0.25, -0.2) is 18.4 Å². The van der Waals surface area contributed by atoms with E-state index in [-0.39, 0.29) is 49.3 Å². The number of amides is 5. The fourth-order valence-corrected chi connectivity index (χ4v) is 5.82. The van der Waals surface area contributed by atoms with E-state index < -0.39 is 23.6 Å². The number of piperidine rings is 1. The SMILES string of the molecule is COCCN1C[C@H](c2cccc(F)c2F)CC[C@@H](NC(=O)N2CCC(N3Cc4cnccc4NC3=O)CC2)C1=O. The van der Waals surface area contributed by atoms with Crippen molar-refractivity contribution in [3.05, 3.63) is 59.4 Å². The predicted octanol–water partition coefficient (Wildman–Crippen LogP) is 3.30. The number of aromatic nitrogens is 1. The Kier molecular flexibility index (Phi) is 8.43. The normalized spacial score (nSPS) is 22.0. The first kappa shape index (κ1) is 27.8. The lowest BCUT2D eigenvalue weighted by atomic mass is 9.93. The number of methoxy groups -OCH3 is 1. The number of pyridine rings is 1. The summed E-state index contributed by atoms with van der Waals surface area (Å²) in [7, 11) is 1.53. The third kappa shape index (κ3) is 5.86. The summed E-state index contributed by atoms with van der Waals surface area (Å²) in [6, 6.07) is 4.53. The van der Waals surface area contributed by atoms with Crippen LogP contribution in [0.2, 0.25) is 0 Å². The molecular formula is C28H34F2N6O4. The van der Waals surface area contributed by atoms with Crippen molar-refractivity contribution in [1.29, 1.82) is 0 Å². The van der Waals surface area contributed by atoms with Gasteiger partial charge in [0.2, 0.25) is 5.91 Å². The van der Waals surface area contributed by atoms with Gasteiger partial charge >= 0.3 is 12.1 Å². The second-order valence-corrected chi connectivity index (χ2v) is 10.5. The van der Waals surface area contributed by atoms with Crippen molar-refractivity contribution < 1.29 is 27.9 Å². The van der Waals surface area contributed by atoms with Crippen molar-refractivity contribution in [2.45, 2.75) is 50.2 Å². The quantitative estimate of drug-likeness (QED) is 0.568. The van der Waals surface area contributed by atoms with Crippen LogP contribution in [-0.2, 0) is 16.1 Å². The third-order valence-electron chi connectivity index (χ3n) is 8.08. The maximum Gasteiger partial charge on any atom is 0.322 e. The molecular weight excluding hydrogens is 522 g/mol. The van der Waals surface area contributed by atoms with E-state index in [0.717, 1.165) is 17.3 Å². The minimum absolute atomic E-state index is 0.0247. The highest BCUT2D eigenvalue weighted by Gasteiger charge is 2.36. The number of urea groups is 2. The van der Waals surface area contributed by atoms with E-state index in [1.807, 2.05) is 0 Å². The van der Waals surface area contributed by atoms with Gasteiger partial charge in [-0.3, -0.25) is 9.78 Å². The van der Waals surface area contributed by atoms with E-state index in [1.165, 1.54) is 13.2 Å². The number of fused-ring (bicyclic) bond motifs is 1. The van der Waals surface area contributed by atoms with E-state index in [0.29, 0.717) is 45.3 Å². The number of halogens is 2. The van der Waals surface area contributed by atoms with Crippen LogP contribution in [0.4, 0.5) is 24.1 Å². The Morgan fingerprint density at radius 1 is 1.15 bits per heavy atom. The van der Waals surface area contributed by atoms with Crippen molar-refractivity contribution in [2.75, 3.05) is 45.2 Å². The van der Waals surface area contributed by atoms with Gasteiger partial charge in [-0.2, -0.15) is 0 Å². The molecule has 214 valence electrons. The minimum Gasteiger partial charge on any atom is -0.383 e. The molecule has 2 aromatic rings. The first-order valence-corrected chi connectivity index (χ1v) is 13.6. The van der Waals surface area contributed by atoms with Gasteiger partial charge in [0, 0.05) is 63.2 Å². The zero-order valence-corrected chi connectivity index (χ0v) is 22.4. The molecule has 2 atom stereocenters. The molecule has 0 aliphatic carbocycles. The lowest BCUT2D eigenvalue weighted by molar-refractivity contribution is -0.133. The van der Waals surface area contributed by atoms with Gasteiger partial charge in [-0.1, -0.05) is 12.1 Å². The monoisotopic (exact) mass is 556 g/mol. The summed E-state index contributed by atoms with van der Waals surface area (Å²) in [6.45, 7) is 2.10. The van der Waals surface area contributed by atoms with Gasteiger partial charge in [-0.15, -0.1) is 0 Å². The Labute approximate surface area is 231 Å². The molecule has 0 unspecified atom stereocenters. The smallest absolute Gasteiger partial charge is 0.322 e. The van der Waals surface area contributed by atoms with Gasteiger partial charge in [0.1, 0.15) is 6.04 Å². The number of carbonyl (C=O) groups is 3. The average molecular weight is 557 g/mol. The summed E-state index contributed by atoms with van der Waals surface area (Å²) < 4.78 is 33.7. The highest BCUT2D eigenvalue weighted by Crippen LogP contribution is 2.31. The summed E-state index contributed by atoms with van der Waals surface area (Å²) in [6.07, 6.45) is 5.31. The van der Waals surface area contributed by atoms with E-state index in [4.69, 9.17) is 4.74 Å². The highest BCUT2D eigenvalue weighted by atomic mass is 19.2. The maximum atomic E-state index is 14.6. The van der Waals surface area contributed by atoms with Crippen molar-refractivity contribution >= 4 is 23.7 Å². The van der Waals surface area contributed by atoms with Gasteiger partial charge in [-0.05, 0) is 43.4 Å². The van der Waals surface area contributed by atoms with Crippen LogP contribution in [-0.4, -0.2) is 89.6 Å². The molecule has 1 aromatic heterocycles. The Balaban J connectivity index is 1.21. The van der Waals surface area contributed by atoms with Gasteiger partial charge in [0.25, 0.3) is 0 Å². The number of hydrogen-bond donors (Lipinski definition) is 2. The van der Waals surface area contributed by atoms with Crippen LogP contribution < -0.4 is 10.6 Å². The Morgan fingerprint density at radius 3 is 2.73 bits per heavy atom. The van der Waals surface area contributed by atoms with Crippen LogP contribution >= 0.6 is 0 Å². The number of hydrogen-bond acceptors (Lipinski definition) is 5. The number of likely N-dealkylation sites (tertiary alicyclic amines) is 2. The molecule has 12 heteroatoms. The molecule has 0 spiro atoms. The molecule has 2 saturated heterocycles. The summed E-state index contributed by atoms with van der Waals surface area (Å²) >= 11 is 0. The molecule has 0 radical (unpaired) electrons. The van der Waals surface area contributed by atoms with Crippen LogP contribution in [0.25, 0.3) is 0 Å². The van der Waals surface area contributed by atoms with Crippen LogP contribution in [0.5, 0.6) is 0 Å². The topological polar surface area (TPSA) is 107 Å². The molecule has 3 aliphatic heterocycles. The predicted molar refractivity (Wildman–Crippen MR) is 143 cm³/mol. The van der Waals surface area contributed by atoms with Crippen LogP contribution in [0.15, 0.2) is 36.7 Å². The molecule has 3 aliphatic rings. The minimum atomic E-state index is -0.923. The van der Waals surface area contributed by atoms with Crippen LogP contribution in [0, 0.1) is 11.6 Å². The maximum absolute atomic E-state index is 14.6. The molecule has 10 nitrogen and oxygen atoms in total. The number of anilines is 1. The lowest BCUT2D eigenvalue weighted by Crippen LogP contribution is -2.55. The Hall–Kier alpha value is -3.80. The largest absolute Gasteiger partial charge is 0.383 e. The first-order chi connectivity index (χ1) is 19.4. The number of nitrogens with zero attached hydrogens (tertiary/aromatic N) is 4. The van der Waals surface area contributed by atoms with E-state index >= 15 is 0 Å². The number of carbonyl (C=O) groups excluding carboxylic acids is 3. The molecule has 2 fully saturated rings. The summed E-state index contributed by atoms with van der Waals surface area (Å²) in [5.74, 6) is -2.51. The fourth-order valence-electron chi connectivity index (χ4n) is 5.82. The second-order valence-electron chi connectivity index (χ2n) is 10.5. The fraction of sp³-hybridized carbons (Fsp3) is 0.500. The first-order valence-electron chi connectivity index (χ1n) is 13.6. The third-order valence-corrected chi connectivity index (χ3v) is 8.08. The van der Waals surface area contributed by atoms with Crippen LogP contribution in [0.3, 0.4) is 0 Å². The van der Waals surface area contributed by atoms with E-state index in [9.17, 15) is 23.2 Å². The molecule has 5 amide bonds. The Bertz CT molecular complexity index is 1260. The highest BCUT2D eigenvalue weighted by molar-refractivity contribution is 5.92. The molecule has 2 N–H and O–H groups in total. The van der Waals surface area contributed by atoms with Gasteiger partial charge in [0.15, 0.2) is 11.6 Å². The zero-order valence-electron chi connectivity index (χ0n) is 22.4. The number of nitrogens with one attached hydrogen (secondary N) is 2. The second kappa shape index (κ2) is 12.2. The lowest BCUT2D eigenvalue weighted by Gasteiger charge is -2.40. The molecule has 4 heterocycles. The van der Waals surface area contributed by atoms with Crippen molar-refractivity contribution in [1.82, 2.24) is 25.0 Å². The zero-order chi connectivity index (χ0) is 28.2. The number of ether oxygens (including phenoxy) is 1. The van der Waals surface area contributed by atoms with E-state index in [1.54, 1.807) is 39.2 Å². The van der Waals surface area contributed by atoms with Crippen molar-refractivity contribution in [3.63, 3.8) is 0 Å². The Morgan fingerprint density at radius 2 is 1.95 bits per heavy atom. The summed E-state index contributed by atoms with van der Waals surface area (Å²) in [5.41, 5.74) is 1.94. The molecule has 5 rings (SSSR count). The molecule has 0 saturated carbocycles. The molecule has 1 aromatic carbocycles. The summed E-state index contributed by atoms with van der Waals surface area (Å²) in [4.78, 5) is 48.5. The van der Waals surface area contributed by atoms with Crippen LogP contribution in [0.1, 0.15) is 42.7 Å². The number of rotatable bonds is 6. The number of benzene rings is 1. The van der Waals surface area contributed by atoms with Gasteiger partial charge < -0.3 is 30.1 Å². The molecule has 40 heavy (non-hydrogen) atoms. The van der Waals surface area contributed by atoms with Crippen molar-refractivity contribution in [3.8, 4) is 0 Å². The van der Waals surface area contributed by atoms with E-state index in [2.05, 4.69) is 15.6 Å². The molecule has 0 bridgehead atoms.